The molecule has 1 aliphatic heterocycles. The van der Waals surface area contributed by atoms with E-state index in [1.807, 2.05) is 4.57 Å². The lowest BCUT2D eigenvalue weighted by molar-refractivity contribution is -0.192. The van der Waals surface area contributed by atoms with E-state index in [0.717, 1.165) is 37.9 Å². The number of carboxylic acid groups (broad SMARTS) is 2. The van der Waals surface area contributed by atoms with Gasteiger partial charge < -0.3 is 26.2 Å². The molecule has 16 heteroatoms. The molecular formula is C19H24F3N7O5S. The van der Waals surface area contributed by atoms with Gasteiger partial charge in [-0.15, -0.1) is 5.92 Å². The third-order valence-corrected chi connectivity index (χ3v) is 5.84. The van der Waals surface area contributed by atoms with Crippen LogP contribution in [0.5, 0.6) is 0 Å². The molecule has 0 unspecified atom stereocenters. The van der Waals surface area contributed by atoms with Crippen molar-refractivity contribution in [2.45, 2.75) is 30.8 Å². The summed E-state index contributed by atoms with van der Waals surface area (Å²) in [6.45, 7) is 5.32. The number of thioether (sulfide) groups is 1. The first-order valence-electron chi connectivity index (χ1n) is 10.1. The summed E-state index contributed by atoms with van der Waals surface area (Å²) in [6, 6.07) is -1.04. The van der Waals surface area contributed by atoms with E-state index in [-0.39, 0.29) is 11.3 Å². The normalized spacial score (nSPS) is 14.5. The van der Waals surface area contributed by atoms with E-state index < -0.39 is 24.2 Å². The number of hydrogen-bond acceptors (Lipinski definition) is 9. The summed E-state index contributed by atoms with van der Waals surface area (Å²) < 4.78 is 34.9. The summed E-state index contributed by atoms with van der Waals surface area (Å²) in [5.74, 6) is 2.79. The van der Waals surface area contributed by atoms with Gasteiger partial charge >= 0.3 is 18.1 Å². The van der Waals surface area contributed by atoms with Gasteiger partial charge in [0.1, 0.15) is 6.04 Å². The molecule has 2 aromatic heterocycles. The molecule has 3 rings (SSSR count). The van der Waals surface area contributed by atoms with E-state index in [1.54, 1.807) is 14.0 Å². The number of anilines is 1. The number of fused-ring (bicyclic) bond motifs is 1. The van der Waals surface area contributed by atoms with Gasteiger partial charge in [0.25, 0.3) is 5.56 Å². The van der Waals surface area contributed by atoms with Crippen LogP contribution in [0.2, 0.25) is 0 Å². The van der Waals surface area contributed by atoms with Crippen LogP contribution in [0.1, 0.15) is 6.92 Å². The van der Waals surface area contributed by atoms with Crippen molar-refractivity contribution < 1.29 is 33.0 Å². The van der Waals surface area contributed by atoms with Gasteiger partial charge in [0.2, 0.25) is 5.95 Å². The average Bonchev–Trinajstić information content (AvgIpc) is 3.17. The van der Waals surface area contributed by atoms with Crippen LogP contribution in [0.15, 0.2) is 9.95 Å². The SMILES string of the molecule is CC#CCn1c(N2CCNCC2)nc2nc(SC[C@H](N)C(=O)O)n(C)c(=O)c21.O=C(O)C(F)(F)F. The van der Waals surface area contributed by atoms with Gasteiger partial charge in [-0.3, -0.25) is 18.7 Å². The predicted octanol–water partition coefficient (Wildman–Crippen LogP) is -0.300. The Kier molecular flexibility index (Phi) is 9.51. The first-order chi connectivity index (χ1) is 16.4. The van der Waals surface area contributed by atoms with Gasteiger partial charge in [-0.25, -0.2) is 9.78 Å². The van der Waals surface area contributed by atoms with Gasteiger partial charge in [0.05, 0.1) is 6.54 Å². The standard InChI is InChI=1S/C17H23N7O3S.C2HF3O2/c1-3-4-7-24-12-13(20-16(24)23-8-5-19-6-9-23)21-17(22(2)14(12)25)28-10-11(18)15(26)27;3-2(4,5)1(6)7/h11,19H,5-10,18H2,1-2H3,(H,26,27);(H,6,7)/t11-;/m0./s1. The second-order valence-corrected chi connectivity index (χ2v) is 8.14. The minimum absolute atomic E-state index is 0.105. The maximum absolute atomic E-state index is 13.0. The van der Waals surface area contributed by atoms with Gasteiger partial charge in [-0.1, -0.05) is 17.7 Å². The summed E-state index contributed by atoms with van der Waals surface area (Å²) in [6.07, 6.45) is -5.08. The molecule has 2 aromatic rings. The fraction of sp³-hybridized carbons (Fsp3) is 0.526. The fourth-order valence-electron chi connectivity index (χ4n) is 2.91. The van der Waals surface area contributed by atoms with Crippen LogP contribution in [-0.2, 0) is 23.2 Å². The first kappa shape index (κ1) is 28.0. The Hall–Kier alpha value is -3.29. The molecule has 0 saturated carbocycles. The Bertz CT molecular complexity index is 1200. The Morgan fingerprint density at radius 1 is 1.26 bits per heavy atom. The van der Waals surface area contributed by atoms with E-state index in [2.05, 4.69) is 32.0 Å². The predicted molar refractivity (Wildman–Crippen MR) is 121 cm³/mol. The van der Waals surface area contributed by atoms with E-state index in [1.165, 1.54) is 4.57 Å². The van der Waals surface area contributed by atoms with Crippen molar-refractivity contribution in [1.29, 1.82) is 0 Å². The Morgan fingerprint density at radius 2 is 1.86 bits per heavy atom. The monoisotopic (exact) mass is 519 g/mol. The molecule has 0 spiro atoms. The topological polar surface area (TPSA) is 169 Å². The fourth-order valence-corrected chi connectivity index (χ4v) is 3.81. The van der Waals surface area contributed by atoms with Crippen LogP contribution < -0.4 is 21.5 Å². The van der Waals surface area contributed by atoms with Gasteiger partial charge in [0.15, 0.2) is 16.3 Å². The minimum atomic E-state index is -5.08. The van der Waals surface area contributed by atoms with Crippen LogP contribution in [0.3, 0.4) is 0 Å². The minimum Gasteiger partial charge on any atom is -0.480 e. The molecule has 0 aromatic carbocycles. The quantitative estimate of drug-likeness (QED) is 0.225. The number of imidazole rings is 1. The molecule has 1 atom stereocenters. The maximum Gasteiger partial charge on any atom is 0.490 e. The molecule has 0 aliphatic carbocycles. The number of hydrogen-bond donors (Lipinski definition) is 4. The number of nitrogens with zero attached hydrogens (tertiary/aromatic N) is 5. The third-order valence-electron chi connectivity index (χ3n) is 4.69. The molecule has 1 fully saturated rings. The van der Waals surface area contributed by atoms with Crippen molar-refractivity contribution in [1.82, 2.24) is 24.4 Å². The van der Waals surface area contributed by atoms with Crippen LogP contribution in [0, 0.1) is 11.8 Å². The number of alkyl halides is 3. The number of nitrogens with one attached hydrogen (secondary N) is 1. The first-order valence-corrected chi connectivity index (χ1v) is 11.1. The number of aromatic nitrogens is 4. The van der Waals surface area contributed by atoms with Crippen LogP contribution in [-0.4, -0.2) is 85.4 Å². The number of nitrogens with two attached hydrogens (primary N) is 1. The zero-order valence-corrected chi connectivity index (χ0v) is 19.6. The molecule has 12 nitrogen and oxygen atoms in total. The highest BCUT2D eigenvalue weighted by atomic mass is 32.2. The molecule has 192 valence electrons. The highest BCUT2D eigenvalue weighted by Crippen LogP contribution is 2.23. The summed E-state index contributed by atoms with van der Waals surface area (Å²) in [4.78, 5) is 44.1. The summed E-state index contributed by atoms with van der Waals surface area (Å²) in [5.41, 5.74) is 6.04. The molecule has 0 bridgehead atoms. The Labute approximate surface area is 201 Å². The maximum atomic E-state index is 13.0. The Balaban J connectivity index is 0.000000540. The molecule has 0 radical (unpaired) electrons. The number of halogens is 3. The molecule has 1 saturated heterocycles. The third kappa shape index (κ3) is 7.10. The number of carbonyl (C=O) groups is 2. The summed E-state index contributed by atoms with van der Waals surface area (Å²) >= 11 is 1.13. The second kappa shape index (κ2) is 11.9. The van der Waals surface area contributed by atoms with Crippen molar-refractivity contribution in [3.8, 4) is 11.8 Å². The molecule has 35 heavy (non-hydrogen) atoms. The lowest BCUT2D eigenvalue weighted by Crippen LogP contribution is -2.44. The van der Waals surface area contributed by atoms with E-state index >= 15 is 0 Å². The zero-order valence-electron chi connectivity index (χ0n) is 18.8. The molecule has 3 heterocycles. The summed E-state index contributed by atoms with van der Waals surface area (Å²) in [5, 5.41) is 19.8. The number of rotatable bonds is 6. The zero-order chi connectivity index (χ0) is 26.3. The summed E-state index contributed by atoms with van der Waals surface area (Å²) in [7, 11) is 1.61. The highest BCUT2D eigenvalue weighted by molar-refractivity contribution is 7.99. The Morgan fingerprint density at radius 3 is 2.37 bits per heavy atom. The average molecular weight is 520 g/mol. The lowest BCUT2D eigenvalue weighted by atomic mass is 10.4. The van der Waals surface area contributed by atoms with Crippen molar-refractivity contribution >= 4 is 40.8 Å². The highest BCUT2D eigenvalue weighted by Gasteiger charge is 2.38. The van der Waals surface area contributed by atoms with Crippen molar-refractivity contribution in [3.63, 3.8) is 0 Å². The number of carboxylic acids is 2. The van der Waals surface area contributed by atoms with Crippen LogP contribution >= 0.6 is 11.8 Å². The van der Waals surface area contributed by atoms with Crippen molar-refractivity contribution in [2.24, 2.45) is 12.8 Å². The van der Waals surface area contributed by atoms with Gasteiger partial charge in [-0.05, 0) is 6.92 Å². The van der Waals surface area contributed by atoms with Gasteiger partial charge in [-0.2, -0.15) is 18.2 Å². The van der Waals surface area contributed by atoms with Crippen molar-refractivity contribution in [2.75, 3.05) is 36.8 Å². The van der Waals surface area contributed by atoms with Gasteiger partial charge in [0, 0.05) is 39.0 Å². The molecular weight excluding hydrogens is 495 g/mol. The number of piperazine rings is 1. The second-order valence-electron chi connectivity index (χ2n) is 7.15. The van der Waals surface area contributed by atoms with E-state index in [4.69, 9.17) is 20.7 Å². The smallest absolute Gasteiger partial charge is 0.480 e. The molecule has 0 amide bonds. The van der Waals surface area contributed by atoms with Crippen molar-refractivity contribution in [3.05, 3.63) is 10.4 Å². The van der Waals surface area contributed by atoms with E-state index in [0.29, 0.717) is 28.8 Å². The molecule has 5 N–H and O–H groups in total. The largest absolute Gasteiger partial charge is 0.490 e. The van der Waals surface area contributed by atoms with Crippen LogP contribution in [0.4, 0.5) is 19.1 Å². The number of aliphatic carboxylic acids is 2. The molecule has 1 aliphatic rings. The lowest BCUT2D eigenvalue weighted by Gasteiger charge is -2.28. The van der Waals surface area contributed by atoms with E-state index in [9.17, 15) is 22.8 Å². The van der Waals surface area contributed by atoms with Crippen LogP contribution in [0.25, 0.3) is 11.2 Å².